The van der Waals surface area contributed by atoms with Gasteiger partial charge in [0, 0.05) is 55.3 Å². The molecule has 1 saturated heterocycles. The number of para-hydroxylation sites is 1. The van der Waals surface area contributed by atoms with Crippen LogP contribution >= 0.6 is 0 Å². The Kier molecular flexibility index (Phi) is 5.59. The van der Waals surface area contributed by atoms with Gasteiger partial charge in [-0.1, -0.05) is 24.3 Å². The number of fused-ring (bicyclic) bond motifs is 2. The van der Waals surface area contributed by atoms with Crippen molar-refractivity contribution in [2.75, 3.05) is 19.7 Å². The van der Waals surface area contributed by atoms with Crippen LogP contribution in [0.4, 0.5) is 0 Å². The molecule has 1 atom stereocenters. The summed E-state index contributed by atoms with van der Waals surface area (Å²) < 4.78 is 8.05. The summed E-state index contributed by atoms with van der Waals surface area (Å²) in [6.07, 6.45) is 4.85. The van der Waals surface area contributed by atoms with Gasteiger partial charge in [0.2, 0.25) is 0 Å². The van der Waals surface area contributed by atoms with Gasteiger partial charge in [0.1, 0.15) is 12.0 Å². The van der Waals surface area contributed by atoms with Crippen molar-refractivity contribution in [1.29, 1.82) is 0 Å². The Balaban J connectivity index is 1.17. The minimum atomic E-state index is -0.910. The van der Waals surface area contributed by atoms with Gasteiger partial charge in [-0.25, -0.2) is 0 Å². The van der Waals surface area contributed by atoms with E-state index in [1.54, 1.807) is 6.20 Å². The van der Waals surface area contributed by atoms with Crippen molar-refractivity contribution < 1.29 is 14.9 Å². The number of nitrogens with zero attached hydrogens (tertiary/aromatic N) is 3. The lowest BCUT2D eigenvalue weighted by atomic mass is 9.84. The van der Waals surface area contributed by atoms with Gasteiger partial charge in [0.05, 0.1) is 23.2 Å². The number of pyridine rings is 1. The molecule has 32 heavy (non-hydrogen) atoms. The molecule has 1 aliphatic rings. The van der Waals surface area contributed by atoms with Crippen LogP contribution in [0.25, 0.3) is 21.8 Å². The van der Waals surface area contributed by atoms with Gasteiger partial charge < -0.3 is 19.5 Å². The van der Waals surface area contributed by atoms with Gasteiger partial charge in [-0.2, -0.15) is 0 Å². The van der Waals surface area contributed by atoms with Crippen LogP contribution in [0.3, 0.4) is 0 Å². The Bertz CT molecular complexity index is 1230. The van der Waals surface area contributed by atoms with E-state index in [-0.39, 0.29) is 0 Å². The number of piperidine rings is 1. The molecular weight excluding hydrogens is 402 g/mol. The number of hydrogen-bond acceptors (Lipinski definition) is 5. The standard InChI is InChI=1S/C26H29N3O3/c1-28-13-9-21-23(28)7-4-8-24(21)32-16-10-25(30)29-14-11-26(31,12-15-29)20-17-19-5-2-3-6-22(19)27-18-20/h2-9,13,17-18,25,30-31H,10-12,14-16H2,1H3. The SMILES string of the molecule is Cn1ccc2c(OCCC(O)N3CCC(O)(c4cnc5ccccc5c4)CC3)cccc21. The van der Waals surface area contributed by atoms with E-state index in [0.29, 0.717) is 39.0 Å². The number of benzene rings is 2. The average Bonchev–Trinajstić information content (AvgIpc) is 3.21. The van der Waals surface area contributed by atoms with Crippen LogP contribution < -0.4 is 4.74 Å². The van der Waals surface area contributed by atoms with Gasteiger partial charge in [-0.15, -0.1) is 0 Å². The number of likely N-dealkylation sites (tertiary alicyclic amines) is 1. The van der Waals surface area contributed by atoms with E-state index in [0.717, 1.165) is 33.1 Å². The fourth-order valence-electron chi connectivity index (χ4n) is 4.66. The van der Waals surface area contributed by atoms with E-state index >= 15 is 0 Å². The predicted molar refractivity (Wildman–Crippen MR) is 125 cm³/mol. The van der Waals surface area contributed by atoms with E-state index in [1.165, 1.54) is 0 Å². The predicted octanol–water partition coefficient (Wildman–Crippen LogP) is 3.80. The number of aliphatic hydroxyl groups excluding tert-OH is 1. The molecule has 5 rings (SSSR count). The quantitative estimate of drug-likeness (QED) is 0.486. The molecule has 1 aliphatic heterocycles. The lowest BCUT2D eigenvalue weighted by molar-refractivity contribution is -0.0819. The van der Waals surface area contributed by atoms with E-state index in [2.05, 4.69) is 15.6 Å². The monoisotopic (exact) mass is 431 g/mol. The molecule has 0 radical (unpaired) electrons. The van der Waals surface area contributed by atoms with Gasteiger partial charge in [-0.3, -0.25) is 9.88 Å². The number of aliphatic hydroxyl groups is 2. The number of aryl methyl sites for hydroxylation is 1. The molecule has 3 heterocycles. The van der Waals surface area contributed by atoms with Crippen LogP contribution in [0.15, 0.2) is 67.0 Å². The van der Waals surface area contributed by atoms with E-state index in [1.807, 2.05) is 66.7 Å². The minimum absolute atomic E-state index is 0.435. The number of rotatable bonds is 6. The van der Waals surface area contributed by atoms with Gasteiger partial charge in [0.25, 0.3) is 0 Å². The van der Waals surface area contributed by atoms with E-state index < -0.39 is 11.8 Å². The summed E-state index contributed by atoms with van der Waals surface area (Å²) in [5, 5.41) is 24.1. The fraction of sp³-hybridized carbons (Fsp3) is 0.346. The zero-order valence-corrected chi connectivity index (χ0v) is 18.3. The maximum absolute atomic E-state index is 11.3. The Morgan fingerprint density at radius 2 is 1.91 bits per heavy atom. The van der Waals surface area contributed by atoms with E-state index in [4.69, 9.17) is 4.74 Å². The van der Waals surface area contributed by atoms with Crippen LogP contribution in [-0.4, -0.2) is 50.6 Å². The summed E-state index contributed by atoms with van der Waals surface area (Å²) in [4.78, 5) is 6.53. The molecule has 2 aromatic carbocycles. The van der Waals surface area contributed by atoms with E-state index in [9.17, 15) is 10.2 Å². The third-order valence-corrected chi connectivity index (χ3v) is 6.70. The molecular formula is C26H29N3O3. The topological polar surface area (TPSA) is 70.8 Å². The van der Waals surface area contributed by atoms with Crippen molar-refractivity contribution in [3.05, 3.63) is 72.6 Å². The first kappa shape index (κ1) is 20.9. The van der Waals surface area contributed by atoms with Crippen LogP contribution in [-0.2, 0) is 12.6 Å². The first-order valence-corrected chi connectivity index (χ1v) is 11.2. The molecule has 0 bridgehead atoms. The van der Waals surface area contributed by atoms with Crippen molar-refractivity contribution in [3.63, 3.8) is 0 Å². The molecule has 6 nitrogen and oxygen atoms in total. The zero-order chi connectivity index (χ0) is 22.1. The van der Waals surface area contributed by atoms with Crippen molar-refractivity contribution in [2.24, 2.45) is 7.05 Å². The third-order valence-electron chi connectivity index (χ3n) is 6.70. The maximum atomic E-state index is 11.3. The van der Waals surface area contributed by atoms with Crippen molar-refractivity contribution in [2.45, 2.75) is 31.1 Å². The first-order valence-electron chi connectivity index (χ1n) is 11.2. The Labute approximate surface area is 187 Å². The highest BCUT2D eigenvalue weighted by Gasteiger charge is 2.36. The molecule has 1 unspecified atom stereocenters. The number of ether oxygens (including phenoxy) is 1. The minimum Gasteiger partial charge on any atom is -0.493 e. The largest absolute Gasteiger partial charge is 0.493 e. The molecule has 0 saturated carbocycles. The summed E-state index contributed by atoms with van der Waals surface area (Å²) in [6, 6.07) is 18.0. The molecule has 6 heteroatoms. The molecule has 0 amide bonds. The second-order valence-corrected chi connectivity index (χ2v) is 8.72. The first-order chi connectivity index (χ1) is 15.5. The van der Waals surface area contributed by atoms with Crippen molar-refractivity contribution in [1.82, 2.24) is 14.5 Å². The van der Waals surface area contributed by atoms with Crippen LogP contribution in [0.5, 0.6) is 5.75 Å². The average molecular weight is 432 g/mol. The molecule has 0 aliphatic carbocycles. The normalized spacial score (nSPS) is 17.6. The molecule has 166 valence electrons. The highest BCUT2D eigenvalue weighted by atomic mass is 16.5. The highest BCUT2D eigenvalue weighted by molar-refractivity contribution is 5.86. The van der Waals surface area contributed by atoms with Crippen LogP contribution in [0.1, 0.15) is 24.8 Å². The summed E-state index contributed by atoms with van der Waals surface area (Å²) in [5.41, 5.74) is 2.00. The number of aromatic nitrogens is 2. The van der Waals surface area contributed by atoms with Crippen LogP contribution in [0, 0.1) is 0 Å². The summed E-state index contributed by atoms with van der Waals surface area (Å²) in [5.74, 6) is 0.840. The third kappa shape index (κ3) is 3.97. The fourth-order valence-corrected chi connectivity index (χ4v) is 4.66. The smallest absolute Gasteiger partial charge is 0.128 e. The zero-order valence-electron chi connectivity index (χ0n) is 18.3. The summed E-state index contributed by atoms with van der Waals surface area (Å²) >= 11 is 0. The summed E-state index contributed by atoms with van der Waals surface area (Å²) in [7, 11) is 2.02. The second-order valence-electron chi connectivity index (χ2n) is 8.72. The van der Waals surface area contributed by atoms with Gasteiger partial charge >= 0.3 is 0 Å². The van der Waals surface area contributed by atoms with Crippen LogP contribution in [0.2, 0.25) is 0 Å². The highest BCUT2D eigenvalue weighted by Crippen LogP contribution is 2.34. The Hall–Kier alpha value is -2.93. The van der Waals surface area contributed by atoms with Gasteiger partial charge in [0.15, 0.2) is 0 Å². The second kappa shape index (κ2) is 8.54. The molecule has 0 spiro atoms. The molecule has 4 aromatic rings. The lowest BCUT2D eigenvalue weighted by Gasteiger charge is -2.40. The Morgan fingerprint density at radius 1 is 1.09 bits per heavy atom. The Morgan fingerprint density at radius 3 is 2.75 bits per heavy atom. The molecule has 2 N–H and O–H groups in total. The summed E-state index contributed by atoms with van der Waals surface area (Å²) in [6.45, 7) is 1.68. The molecule has 2 aromatic heterocycles. The van der Waals surface area contributed by atoms with Gasteiger partial charge in [-0.05, 0) is 43.2 Å². The molecule has 1 fully saturated rings. The van der Waals surface area contributed by atoms with Crippen molar-refractivity contribution in [3.8, 4) is 5.75 Å². The van der Waals surface area contributed by atoms with Crippen molar-refractivity contribution >= 4 is 21.8 Å². The number of hydrogen-bond donors (Lipinski definition) is 2. The lowest BCUT2D eigenvalue weighted by Crippen LogP contribution is -2.47. The maximum Gasteiger partial charge on any atom is 0.128 e.